The first-order valence-corrected chi connectivity index (χ1v) is 7.74. The largest absolute Gasteiger partial charge is 0.368 e. The average molecular weight is 336 g/mol. The number of pyridine rings is 1. The highest BCUT2D eigenvalue weighted by molar-refractivity contribution is 5.78. The Morgan fingerprint density at radius 2 is 1.85 bits per heavy atom. The predicted molar refractivity (Wildman–Crippen MR) is 99.2 cm³/mol. The van der Waals surface area contributed by atoms with Crippen LogP contribution in [0, 0.1) is 24.2 Å². The van der Waals surface area contributed by atoms with E-state index in [0.29, 0.717) is 17.2 Å². The predicted octanol–water partition coefficient (Wildman–Crippen LogP) is 2.17. The Labute approximate surface area is 149 Å². The fourth-order valence-electron chi connectivity index (χ4n) is 2.49. The maximum Gasteiger partial charge on any atom is 0.221 e. The third-order valence-electron chi connectivity index (χ3n) is 3.69. The normalized spacial score (nSPS) is 10.1. The number of nitrogens with two attached hydrogens (primary N) is 1. The van der Waals surface area contributed by atoms with Gasteiger partial charge in [-0.05, 0) is 42.3 Å². The summed E-state index contributed by atoms with van der Waals surface area (Å²) >= 11 is 0. The molecule has 0 saturated carbocycles. The summed E-state index contributed by atoms with van der Waals surface area (Å²) in [5.74, 6) is 9.49. The first kappa shape index (κ1) is 15.4. The van der Waals surface area contributed by atoms with Gasteiger partial charge in [0.1, 0.15) is 23.5 Å². The zero-order valence-corrected chi connectivity index (χ0v) is 13.6. The second-order valence-electron chi connectivity index (χ2n) is 5.39. The van der Waals surface area contributed by atoms with Crippen LogP contribution >= 0.6 is 0 Å². The number of fused-ring (bicyclic) bond motifs is 1. The molecule has 0 aliphatic heterocycles. The van der Waals surface area contributed by atoms with Crippen LogP contribution in [0.3, 0.4) is 0 Å². The van der Waals surface area contributed by atoms with Crippen molar-refractivity contribution in [1.82, 2.24) is 24.5 Å². The van der Waals surface area contributed by atoms with E-state index in [1.165, 1.54) is 0 Å². The molecule has 0 spiro atoms. The zero-order chi connectivity index (χ0) is 17.9. The smallest absolute Gasteiger partial charge is 0.221 e. The summed E-state index contributed by atoms with van der Waals surface area (Å²) in [7, 11) is 0. The number of hydrogen-bond acceptors (Lipinski definition) is 5. The van der Waals surface area contributed by atoms with Crippen LogP contribution in [0.5, 0.6) is 0 Å². The second kappa shape index (κ2) is 6.39. The number of nitrogens with zero attached hydrogens (tertiary/aromatic N) is 5. The fourth-order valence-corrected chi connectivity index (χ4v) is 2.49. The lowest BCUT2D eigenvalue weighted by Crippen LogP contribution is -2.01. The molecule has 3 aromatic heterocycles. The average Bonchev–Trinajstić information content (AvgIpc) is 3.10. The molecular formula is C20H12N6. The molecule has 6 nitrogen and oxygen atoms in total. The van der Waals surface area contributed by atoms with E-state index in [9.17, 15) is 0 Å². The lowest BCUT2D eigenvalue weighted by Gasteiger charge is -2.03. The van der Waals surface area contributed by atoms with Crippen LogP contribution in [0.25, 0.3) is 16.9 Å². The molecule has 2 N–H and O–H groups in total. The molecule has 4 aromatic rings. The van der Waals surface area contributed by atoms with Crippen molar-refractivity contribution in [2.24, 2.45) is 0 Å². The van der Waals surface area contributed by atoms with Crippen LogP contribution in [0.1, 0.15) is 17.0 Å². The number of anilines is 1. The van der Waals surface area contributed by atoms with Crippen LogP contribution in [-0.2, 0) is 0 Å². The van der Waals surface area contributed by atoms with Crippen molar-refractivity contribution in [2.75, 3.05) is 5.73 Å². The summed E-state index contributed by atoms with van der Waals surface area (Å²) in [4.78, 5) is 16.8. The Morgan fingerprint density at radius 3 is 2.69 bits per heavy atom. The summed E-state index contributed by atoms with van der Waals surface area (Å²) in [5.41, 5.74) is 9.40. The summed E-state index contributed by atoms with van der Waals surface area (Å²) in [6.45, 7) is 0. The molecule has 0 bridgehead atoms. The molecule has 0 unspecified atom stereocenters. The van der Waals surface area contributed by atoms with E-state index in [-0.39, 0.29) is 5.95 Å². The lowest BCUT2D eigenvalue weighted by atomic mass is 10.2. The van der Waals surface area contributed by atoms with Gasteiger partial charge in [-0.1, -0.05) is 17.9 Å². The maximum atomic E-state index is 5.68. The van der Waals surface area contributed by atoms with Gasteiger partial charge in [0.25, 0.3) is 0 Å². The summed E-state index contributed by atoms with van der Waals surface area (Å²) in [6.07, 6.45) is 8.67. The van der Waals surface area contributed by atoms with Gasteiger partial charge in [0.05, 0.1) is 11.0 Å². The summed E-state index contributed by atoms with van der Waals surface area (Å²) in [6, 6.07) is 13.0. The van der Waals surface area contributed by atoms with E-state index in [1.54, 1.807) is 24.7 Å². The zero-order valence-electron chi connectivity index (χ0n) is 13.6. The van der Waals surface area contributed by atoms with Crippen molar-refractivity contribution in [3.05, 3.63) is 71.9 Å². The van der Waals surface area contributed by atoms with E-state index in [1.807, 2.05) is 34.9 Å². The molecule has 0 radical (unpaired) electrons. The number of imidazole rings is 1. The lowest BCUT2D eigenvalue weighted by molar-refractivity contribution is 1.00. The first-order valence-electron chi connectivity index (χ1n) is 7.74. The van der Waals surface area contributed by atoms with Crippen molar-refractivity contribution in [2.45, 2.75) is 0 Å². The van der Waals surface area contributed by atoms with Crippen molar-refractivity contribution >= 4 is 17.0 Å². The van der Waals surface area contributed by atoms with Crippen LogP contribution in [-0.4, -0.2) is 24.5 Å². The third-order valence-corrected chi connectivity index (χ3v) is 3.69. The Kier molecular flexibility index (Phi) is 3.78. The van der Waals surface area contributed by atoms with Gasteiger partial charge in [0, 0.05) is 11.8 Å². The maximum absolute atomic E-state index is 5.68. The Morgan fingerprint density at radius 1 is 0.962 bits per heavy atom. The van der Waals surface area contributed by atoms with Gasteiger partial charge in [-0.3, -0.25) is 4.57 Å². The number of benzene rings is 1. The van der Waals surface area contributed by atoms with Gasteiger partial charge < -0.3 is 5.73 Å². The van der Waals surface area contributed by atoms with Crippen LogP contribution in [0.15, 0.2) is 55.0 Å². The summed E-state index contributed by atoms with van der Waals surface area (Å²) < 4.78 is 1.84. The molecule has 0 fully saturated rings. The molecular weight excluding hydrogens is 324 g/mol. The molecule has 0 saturated heterocycles. The van der Waals surface area contributed by atoms with E-state index < -0.39 is 0 Å². The molecule has 1 aromatic carbocycles. The van der Waals surface area contributed by atoms with Gasteiger partial charge in [-0.2, -0.15) is 4.98 Å². The van der Waals surface area contributed by atoms with Crippen molar-refractivity contribution in [1.29, 1.82) is 0 Å². The monoisotopic (exact) mass is 336 g/mol. The fraction of sp³-hybridized carbons (Fsp3) is 0. The van der Waals surface area contributed by atoms with Gasteiger partial charge >= 0.3 is 0 Å². The Bertz CT molecular complexity index is 1220. The Balaban J connectivity index is 1.75. The Hall–Kier alpha value is -4.16. The summed E-state index contributed by atoms with van der Waals surface area (Å²) in [5, 5.41) is 0. The van der Waals surface area contributed by atoms with Gasteiger partial charge in [-0.15, -0.1) is 6.42 Å². The number of terminal acetylenes is 1. The van der Waals surface area contributed by atoms with Crippen molar-refractivity contribution in [3.63, 3.8) is 0 Å². The van der Waals surface area contributed by atoms with Gasteiger partial charge in [0.2, 0.25) is 5.95 Å². The van der Waals surface area contributed by atoms with E-state index >= 15 is 0 Å². The number of hydrogen-bond donors (Lipinski definition) is 1. The molecule has 3 heterocycles. The molecule has 26 heavy (non-hydrogen) atoms. The van der Waals surface area contributed by atoms with Gasteiger partial charge in [-0.25, -0.2) is 15.0 Å². The quantitative estimate of drug-likeness (QED) is 0.539. The minimum Gasteiger partial charge on any atom is -0.368 e. The minimum absolute atomic E-state index is 0.208. The first-order chi connectivity index (χ1) is 12.7. The van der Waals surface area contributed by atoms with E-state index in [2.05, 4.69) is 37.7 Å². The minimum atomic E-state index is 0.208. The standard InChI is InChI=1S/C20H12N6/c1-2-15-4-3-5-16(24-15)8-6-14-7-9-17-18(12-14)26(13-23-17)19-10-11-22-20(21)25-19/h1,3-5,7,9-13H,(H2,21,22,25). The molecule has 0 aliphatic carbocycles. The van der Waals surface area contributed by atoms with Crippen LogP contribution in [0.4, 0.5) is 5.95 Å². The molecule has 0 atom stereocenters. The number of nitrogen functional groups attached to an aromatic ring is 1. The van der Waals surface area contributed by atoms with Crippen molar-refractivity contribution in [3.8, 4) is 30.0 Å². The highest BCUT2D eigenvalue weighted by Crippen LogP contribution is 2.18. The van der Waals surface area contributed by atoms with E-state index in [0.717, 1.165) is 16.6 Å². The van der Waals surface area contributed by atoms with E-state index in [4.69, 9.17) is 12.2 Å². The highest BCUT2D eigenvalue weighted by atomic mass is 15.1. The molecule has 122 valence electrons. The number of rotatable bonds is 1. The third kappa shape index (κ3) is 2.95. The highest BCUT2D eigenvalue weighted by Gasteiger charge is 2.07. The molecule has 4 rings (SSSR count). The molecule has 0 aliphatic rings. The molecule has 6 heteroatoms. The number of aromatic nitrogens is 5. The van der Waals surface area contributed by atoms with Gasteiger partial charge in [0.15, 0.2) is 0 Å². The molecule has 0 amide bonds. The SMILES string of the molecule is C#Cc1cccc(C#Cc2ccc3ncn(-c4ccnc(N)n4)c3c2)n1. The van der Waals surface area contributed by atoms with Crippen molar-refractivity contribution < 1.29 is 0 Å². The van der Waals surface area contributed by atoms with Crippen LogP contribution < -0.4 is 5.73 Å². The second-order valence-corrected chi connectivity index (χ2v) is 5.39. The van der Waals surface area contributed by atoms with Crippen LogP contribution in [0.2, 0.25) is 0 Å². The topological polar surface area (TPSA) is 82.5 Å².